The molecule has 1 N–H and O–H groups in total. The Hall–Kier alpha value is -2.33. The molecule has 0 atom stereocenters. The van der Waals surface area contributed by atoms with E-state index in [2.05, 4.69) is 34.5 Å². The van der Waals surface area contributed by atoms with Gasteiger partial charge in [0.15, 0.2) is 0 Å². The van der Waals surface area contributed by atoms with Crippen LogP contribution in [0.5, 0.6) is 5.75 Å². The molecule has 0 radical (unpaired) electrons. The third kappa shape index (κ3) is 5.42. The van der Waals surface area contributed by atoms with Gasteiger partial charge in [0.1, 0.15) is 5.75 Å². The van der Waals surface area contributed by atoms with Crippen molar-refractivity contribution in [2.45, 2.75) is 20.0 Å². The lowest BCUT2D eigenvalue weighted by Crippen LogP contribution is -2.22. The smallest absolute Gasteiger partial charge is 0.251 e. The van der Waals surface area contributed by atoms with E-state index in [9.17, 15) is 4.79 Å². The Bertz CT molecular complexity index is 619. The van der Waals surface area contributed by atoms with Crippen LogP contribution < -0.4 is 10.1 Å². The van der Waals surface area contributed by atoms with Gasteiger partial charge in [-0.05, 0) is 56.4 Å². The number of rotatable bonds is 7. The first-order valence-electron chi connectivity index (χ1n) is 7.82. The predicted molar refractivity (Wildman–Crippen MR) is 92.6 cm³/mol. The van der Waals surface area contributed by atoms with Crippen LogP contribution in [0.2, 0.25) is 0 Å². The molecule has 0 spiro atoms. The first-order chi connectivity index (χ1) is 11.1. The molecule has 0 saturated carbocycles. The third-order valence-electron chi connectivity index (χ3n) is 3.40. The molecular formula is C19H24N2O2. The fourth-order valence-corrected chi connectivity index (χ4v) is 2.28. The van der Waals surface area contributed by atoms with Gasteiger partial charge in [-0.2, -0.15) is 0 Å². The highest BCUT2D eigenvalue weighted by atomic mass is 16.5. The molecule has 2 aromatic carbocycles. The second kappa shape index (κ2) is 8.34. The average molecular weight is 312 g/mol. The van der Waals surface area contributed by atoms with Gasteiger partial charge in [-0.15, -0.1) is 0 Å². The van der Waals surface area contributed by atoms with E-state index in [0.29, 0.717) is 18.7 Å². The molecule has 2 rings (SSSR count). The maximum Gasteiger partial charge on any atom is 0.251 e. The number of ether oxygens (including phenoxy) is 1. The van der Waals surface area contributed by atoms with Crippen molar-refractivity contribution in [3.8, 4) is 5.75 Å². The molecule has 0 unspecified atom stereocenters. The molecule has 0 aliphatic rings. The summed E-state index contributed by atoms with van der Waals surface area (Å²) >= 11 is 0. The number of nitrogens with zero attached hydrogens (tertiary/aromatic N) is 1. The molecule has 0 heterocycles. The highest BCUT2D eigenvalue weighted by Gasteiger charge is 2.05. The molecule has 122 valence electrons. The minimum atomic E-state index is -0.0783. The number of carbonyl (C=O) groups is 1. The Labute approximate surface area is 138 Å². The second-order valence-corrected chi connectivity index (χ2v) is 5.69. The molecular weight excluding hydrogens is 288 g/mol. The van der Waals surface area contributed by atoms with Gasteiger partial charge in [-0.25, -0.2) is 0 Å². The van der Waals surface area contributed by atoms with E-state index in [0.717, 1.165) is 17.9 Å². The molecule has 2 aromatic rings. The average Bonchev–Trinajstić information content (AvgIpc) is 2.54. The van der Waals surface area contributed by atoms with Gasteiger partial charge >= 0.3 is 0 Å². The fourth-order valence-electron chi connectivity index (χ4n) is 2.28. The quantitative estimate of drug-likeness (QED) is 0.854. The third-order valence-corrected chi connectivity index (χ3v) is 3.40. The summed E-state index contributed by atoms with van der Waals surface area (Å²) < 4.78 is 5.37. The maximum absolute atomic E-state index is 12.1. The number of carbonyl (C=O) groups excluding carboxylic acids is 1. The van der Waals surface area contributed by atoms with Crippen molar-refractivity contribution in [3.63, 3.8) is 0 Å². The first kappa shape index (κ1) is 17.0. The highest BCUT2D eigenvalue weighted by Crippen LogP contribution is 2.12. The van der Waals surface area contributed by atoms with Crippen LogP contribution in [-0.4, -0.2) is 31.5 Å². The Morgan fingerprint density at radius 3 is 2.17 bits per heavy atom. The lowest BCUT2D eigenvalue weighted by molar-refractivity contribution is 0.0951. The maximum atomic E-state index is 12.1. The predicted octanol–water partition coefficient (Wildman–Crippen LogP) is 3.08. The molecule has 23 heavy (non-hydrogen) atoms. The summed E-state index contributed by atoms with van der Waals surface area (Å²) in [5, 5.41) is 2.94. The van der Waals surface area contributed by atoms with Gasteiger partial charge < -0.3 is 15.0 Å². The minimum absolute atomic E-state index is 0.0783. The van der Waals surface area contributed by atoms with Gasteiger partial charge in [-0.1, -0.05) is 24.3 Å². The lowest BCUT2D eigenvalue weighted by atomic mass is 10.1. The van der Waals surface area contributed by atoms with Crippen LogP contribution >= 0.6 is 0 Å². The van der Waals surface area contributed by atoms with Crippen molar-refractivity contribution in [2.75, 3.05) is 20.7 Å². The van der Waals surface area contributed by atoms with Crippen molar-refractivity contribution in [2.24, 2.45) is 0 Å². The molecule has 0 aromatic heterocycles. The molecule has 0 saturated heterocycles. The van der Waals surface area contributed by atoms with Gasteiger partial charge in [0.2, 0.25) is 0 Å². The first-order valence-corrected chi connectivity index (χ1v) is 7.82. The largest absolute Gasteiger partial charge is 0.494 e. The van der Waals surface area contributed by atoms with Gasteiger partial charge in [0.25, 0.3) is 5.91 Å². The van der Waals surface area contributed by atoms with Crippen LogP contribution in [0.15, 0.2) is 48.5 Å². The normalized spacial score (nSPS) is 10.6. The van der Waals surface area contributed by atoms with Crippen molar-refractivity contribution >= 4 is 5.91 Å². The van der Waals surface area contributed by atoms with Gasteiger partial charge in [0.05, 0.1) is 6.61 Å². The zero-order chi connectivity index (χ0) is 16.7. The van der Waals surface area contributed by atoms with E-state index >= 15 is 0 Å². The molecule has 0 fully saturated rings. The van der Waals surface area contributed by atoms with E-state index in [1.807, 2.05) is 33.2 Å². The summed E-state index contributed by atoms with van der Waals surface area (Å²) in [6, 6.07) is 15.5. The monoisotopic (exact) mass is 312 g/mol. The Kier molecular flexibility index (Phi) is 6.18. The van der Waals surface area contributed by atoms with Crippen LogP contribution in [0.25, 0.3) is 0 Å². The van der Waals surface area contributed by atoms with Crippen LogP contribution in [0.3, 0.4) is 0 Å². The zero-order valence-electron chi connectivity index (χ0n) is 14.0. The summed E-state index contributed by atoms with van der Waals surface area (Å²) in [5.41, 5.74) is 2.99. The van der Waals surface area contributed by atoms with Crippen molar-refractivity contribution in [1.82, 2.24) is 10.2 Å². The summed E-state index contributed by atoms with van der Waals surface area (Å²) in [6.45, 7) is 3.99. The molecule has 0 aliphatic carbocycles. The van der Waals surface area contributed by atoms with Crippen LogP contribution in [0, 0.1) is 0 Å². The Morgan fingerprint density at radius 1 is 1.00 bits per heavy atom. The Balaban J connectivity index is 1.88. The zero-order valence-corrected chi connectivity index (χ0v) is 14.0. The number of benzene rings is 2. The Morgan fingerprint density at radius 2 is 1.61 bits per heavy atom. The molecule has 0 aliphatic heterocycles. The number of hydrogen-bond acceptors (Lipinski definition) is 3. The number of amides is 1. The topological polar surface area (TPSA) is 41.6 Å². The molecule has 0 bridgehead atoms. The minimum Gasteiger partial charge on any atom is -0.494 e. The summed E-state index contributed by atoms with van der Waals surface area (Å²) in [7, 11) is 4.09. The van der Waals surface area contributed by atoms with E-state index in [4.69, 9.17) is 4.74 Å². The summed E-state index contributed by atoms with van der Waals surface area (Å²) in [4.78, 5) is 14.3. The van der Waals surface area contributed by atoms with E-state index < -0.39 is 0 Å². The van der Waals surface area contributed by atoms with E-state index in [1.165, 1.54) is 5.56 Å². The van der Waals surface area contributed by atoms with Crippen LogP contribution in [0.4, 0.5) is 0 Å². The van der Waals surface area contributed by atoms with Gasteiger partial charge in [0, 0.05) is 18.7 Å². The molecule has 4 nitrogen and oxygen atoms in total. The highest BCUT2D eigenvalue weighted by molar-refractivity contribution is 5.94. The lowest BCUT2D eigenvalue weighted by Gasteiger charge is -2.10. The van der Waals surface area contributed by atoms with Crippen molar-refractivity contribution < 1.29 is 9.53 Å². The van der Waals surface area contributed by atoms with Crippen molar-refractivity contribution in [1.29, 1.82) is 0 Å². The number of hydrogen-bond donors (Lipinski definition) is 1. The van der Waals surface area contributed by atoms with Crippen LogP contribution in [-0.2, 0) is 13.1 Å². The van der Waals surface area contributed by atoms with Crippen molar-refractivity contribution in [3.05, 3.63) is 65.2 Å². The van der Waals surface area contributed by atoms with E-state index in [1.54, 1.807) is 12.1 Å². The van der Waals surface area contributed by atoms with Crippen LogP contribution in [0.1, 0.15) is 28.4 Å². The van der Waals surface area contributed by atoms with E-state index in [-0.39, 0.29) is 5.91 Å². The summed E-state index contributed by atoms with van der Waals surface area (Å²) in [5.74, 6) is 0.700. The molecule has 4 heteroatoms. The standard InChI is InChI=1S/C19H24N2O2/c1-4-23-18-11-9-17(10-12-18)19(22)20-13-15-5-7-16(8-6-15)14-21(2)3/h5-12H,4,13-14H2,1-3H3,(H,20,22). The SMILES string of the molecule is CCOc1ccc(C(=O)NCc2ccc(CN(C)C)cc2)cc1. The molecule has 1 amide bonds. The van der Waals surface area contributed by atoms with Gasteiger partial charge in [-0.3, -0.25) is 4.79 Å². The second-order valence-electron chi connectivity index (χ2n) is 5.69. The number of nitrogens with one attached hydrogen (secondary N) is 1. The summed E-state index contributed by atoms with van der Waals surface area (Å²) in [6.07, 6.45) is 0. The fraction of sp³-hybridized carbons (Fsp3) is 0.316.